The van der Waals surface area contributed by atoms with E-state index in [1.165, 1.54) is 0 Å². The van der Waals surface area contributed by atoms with Gasteiger partial charge in [-0.25, -0.2) is 0 Å². The second-order valence-corrected chi connectivity index (χ2v) is 7.93. The van der Waals surface area contributed by atoms with E-state index in [1.54, 1.807) is 30.3 Å². The van der Waals surface area contributed by atoms with Crippen molar-refractivity contribution in [3.8, 4) is 0 Å². The topological polar surface area (TPSA) is 43.4 Å². The standard InChI is InChI=1S/C24H22O3S/c1-3-10-23(20-11-6-4-7-12-20)24(21-13-8-5-9-14-21)27-28(25,26)22-17-15-19(2)16-18-22/h3-9,11-18H,1,10H2,2H3/b24-23+. The fourth-order valence-electron chi connectivity index (χ4n) is 2.85. The monoisotopic (exact) mass is 390 g/mol. The molecular weight excluding hydrogens is 368 g/mol. The zero-order chi connectivity index (χ0) is 20.0. The van der Waals surface area contributed by atoms with Crippen molar-refractivity contribution in [3.05, 3.63) is 114 Å². The van der Waals surface area contributed by atoms with E-state index in [2.05, 4.69) is 6.58 Å². The van der Waals surface area contributed by atoms with Crippen molar-refractivity contribution in [2.75, 3.05) is 0 Å². The molecule has 0 aromatic heterocycles. The van der Waals surface area contributed by atoms with Gasteiger partial charge in [0.1, 0.15) is 4.90 Å². The van der Waals surface area contributed by atoms with Gasteiger partial charge >= 0.3 is 10.1 Å². The van der Waals surface area contributed by atoms with Crippen LogP contribution in [0.3, 0.4) is 0 Å². The van der Waals surface area contributed by atoms with E-state index in [9.17, 15) is 8.42 Å². The first kappa shape index (κ1) is 19.6. The summed E-state index contributed by atoms with van der Waals surface area (Å²) in [6, 6.07) is 25.5. The van der Waals surface area contributed by atoms with E-state index in [0.29, 0.717) is 17.7 Å². The molecule has 142 valence electrons. The summed E-state index contributed by atoms with van der Waals surface area (Å²) in [5.74, 6) is 0.312. The van der Waals surface area contributed by atoms with Crippen molar-refractivity contribution < 1.29 is 12.6 Å². The molecule has 0 saturated carbocycles. The number of hydrogen-bond donors (Lipinski definition) is 0. The lowest BCUT2D eigenvalue weighted by atomic mass is 9.98. The van der Waals surface area contributed by atoms with Crippen LogP contribution in [0.2, 0.25) is 0 Å². The number of hydrogen-bond acceptors (Lipinski definition) is 3. The Morgan fingerprint density at radius 3 is 1.93 bits per heavy atom. The lowest BCUT2D eigenvalue weighted by Crippen LogP contribution is -2.08. The summed E-state index contributed by atoms with van der Waals surface area (Å²) in [6.45, 7) is 5.73. The lowest BCUT2D eigenvalue weighted by Gasteiger charge is -2.16. The molecule has 3 aromatic rings. The molecule has 0 N–H and O–H groups in total. The van der Waals surface area contributed by atoms with Gasteiger partial charge in [0.05, 0.1) is 0 Å². The Bertz CT molecular complexity index is 1070. The third kappa shape index (κ3) is 4.59. The summed E-state index contributed by atoms with van der Waals surface area (Å²) < 4.78 is 31.7. The molecule has 4 heteroatoms. The van der Waals surface area contributed by atoms with E-state index in [0.717, 1.165) is 16.7 Å². The van der Waals surface area contributed by atoms with Crippen LogP contribution in [0, 0.1) is 6.92 Å². The van der Waals surface area contributed by atoms with Crippen LogP contribution in [0.1, 0.15) is 23.1 Å². The van der Waals surface area contributed by atoms with E-state index in [4.69, 9.17) is 4.18 Å². The summed E-state index contributed by atoms with van der Waals surface area (Å²) in [6.07, 6.45) is 2.21. The molecule has 0 aliphatic carbocycles. The number of allylic oxidation sites excluding steroid dienone is 2. The Morgan fingerprint density at radius 2 is 1.39 bits per heavy atom. The fraction of sp³-hybridized carbons (Fsp3) is 0.0833. The highest BCUT2D eigenvalue weighted by Crippen LogP contribution is 2.33. The molecule has 0 bridgehead atoms. The molecule has 0 unspecified atom stereocenters. The highest BCUT2D eigenvalue weighted by atomic mass is 32.2. The number of aryl methyl sites for hydroxylation is 1. The Morgan fingerprint density at radius 1 is 0.857 bits per heavy atom. The predicted octanol–water partition coefficient (Wildman–Crippen LogP) is 5.84. The van der Waals surface area contributed by atoms with Crippen molar-refractivity contribution >= 4 is 21.5 Å². The molecule has 0 radical (unpaired) electrons. The van der Waals surface area contributed by atoms with Gasteiger partial charge in [-0.3, -0.25) is 0 Å². The first-order valence-electron chi connectivity index (χ1n) is 8.97. The maximum absolute atomic E-state index is 13.0. The average Bonchev–Trinajstić information content (AvgIpc) is 2.72. The Hall–Kier alpha value is -3.11. The molecule has 28 heavy (non-hydrogen) atoms. The summed E-state index contributed by atoms with van der Waals surface area (Å²) in [5, 5.41) is 0. The lowest BCUT2D eigenvalue weighted by molar-refractivity contribution is 0.464. The van der Waals surface area contributed by atoms with Crippen LogP contribution in [0.15, 0.2) is 102 Å². The van der Waals surface area contributed by atoms with Gasteiger partial charge in [0.15, 0.2) is 5.76 Å². The summed E-state index contributed by atoms with van der Waals surface area (Å²) in [4.78, 5) is 0.123. The highest BCUT2D eigenvalue weighted by Gasteiger charge is 2.22. The van der Waals surface area contributed by atoms with Crippen molar-refractivity contribution in [2.45, 2.75) is 18.2 Å². The first-order valence-corrected chi connectivity index (χ1v) is 10.4. The fourth-order valence-corrected chi connectivity index (χ4v) is 3.83. The second kappa shape index (κ2) is 8.72. The van der Waals surface area contributed by atoms with Gasteiger partial charge in [-0.1, -0.05) is 84.4 Å². The van der Waals surface area contributed by atoms with Crippen LogP contribution in [0.4, 0.5) is 0 Å². The molecule has 3 aromatic carbocycles. The molecule has 0 aliphatic heterocycles. The van der Waals surface area contributed by atoms with Gasteiger partial charge in [-0.15, -0.1) is 6.58 Å². The van der Waals surface area contributed by atoms with E-state index < -0.39 is 10.1 Å². The Balaban J connectivity index is 2.17. The predicted molar refractivity (Wildman–Crippen MR) is 114 cm³/mol. The molecule has 0 fully saturated rings. The smallest absolute Gasteiger partial charge is 0.339 e. The zero-order valence-electron chi connectivity index (χ0n) is 15.7. The molecule has 3 rings (SSSR count). The van der Waals surface area contributed by atoms with Crippen molar-refractivity contribution in [3.63, 3.8) is 0 Å². The van der Waals surface area contributed by atoms with Crippen molar-refractivity contribution in [1.82, 2.24) is 0 Å². The van der Waals surface area contributed by atoms with Gasteiger partial charge < -0.3 is 4.18 Å². The second-order valence-electron chi connectivity index (χ2n) is 6.38. The molecule has 0 saturated heterocycles. The van der Waals surface area contributed by atoms with Gasteiger partial charge in [-0.2, -0.15) is 8.42 Å². The third-order valence-electron chi connectivity index (χ3n) is 4.28. The Kier molecular flexibility index (Phi) is 6.12. The molecule has 0 atom stereocenters. The third-order valence-corrected chi connectivity index (χ3v) is 5.52. The van der Waals surface area contributed by atoms with Crippen LogP contribution < -0.4 is 0 Å². The molecule has 3 nitrogen and oxygen atoms in total. The minimum Gasteiger partial charge on any atom is -0.378 e. The average molecular weight is 391 g/mol. The van der Waals surface area contributed by atoms with Crippen LogP contribution in [-0.4, -0.2) is 8.42 Å². The SMILES string of the molecule is C=CC/C(=C(\OS(=O)(=O)c1ccc(C)cc1)c1ccccc1)c1ccccc1. The highest BCUT2D eigenvalue weighted by molar-refractivity contribution is 7.87. The van der Waals surface area contributed by atoms with Crippen LogP contribution in [0.5, 0.6) is 0 Å². The molecular formula is C24H22O3S. The van der Waals surface area contributed by atoms with Crippen molar-refractivity contribution in [1.29, 1.82) is 0 Å². The first-order chi connectivity index (χ1) is 13.5. The minimum absolute atomic E-state index is 0.123. The number of benzene rings is 3. The van der Waals surface area contributed by atoms with Gasteiger partial charge in [0.2, 0.25) is 0 Å². The molecule has 0 heterocycles. The maximum atomic E-state index is 13.0. The van der Waals surface area contributed by atoms with E-state index >= 15 is 0 Å². The van der Waals surface area contributed by atoms with Crippen LogP contribution in [0.25, 0.3) is 11.3 Å². The molecule has 0 aliphatic rings. The Labute approximate surface area is 166 Å². The van der Waals surface area contributed by atoms with Crippen LogP contribution >= 0.6 is 0 Å². The van der Waals surface area contributed by atoms with Gasteiger partial charge in [0.25, 0.3) is 0 Å². The molecule has 0 spiro atoms. The quantitative estimate of drug-likeness (QED) is 0.220. The van der Waals surface area contributed by atoms with E-state index in [-0.39, 0.29) is 4.90 Å². The van der Waals surface area contributed by atoms with Crippen LogP contribution in [-0.2, 0) is 14.3 Å². The number of rotatable bonds is 7. The summed E-state index contributed by atoms with van der Waals surface area (Å²) in [5.41, 5.74) is 3.33. The molecule has 0 amide bonds. The summed E-state index contributed by atoms with van der Waals surface area (Å²) in [7, 11) is -3.99. The van der Waals surface area contributed by atoms with Gasteiger partial charge in [0, 0.05) is 11.1 Å². The zero-order valence-corrected chi connectivity index (χ0v) is 16.5. The minimum atomic E-state index is -3.99. The largest absolute Gasteiger partial charge is 0.378 e. The van der Waals surface area contributed by atoms with E-state index in [1.807, 2.05) is 67.6 Å². The summed E-state index contributed by atoms with van der Waals surface area (Å²) >= 11 is 0. The van der Waals surface area contributed by atoms with Gasteiger partial charge in [-0.05, 0) is 31.0 Å². The van der Waals surface area contributed by atoms with Crippen molar-refractivity contribution in [2.24, 2.45) is 0 Å². The maximum Gasteiger partial charge on any atom is 0.339 e. The normalized spacial score (nSPS) is 12.2.